The number of nitrogens with zero attached hydrogens (tertiary/aromatic N) is 6. The van der Waals surface area contributed by atoms with Gasteiger partial charge in [0, 0.05) is 12.5 Å². The van der Waals surface area contributed by atoms with Gasteiger partial charge in [-0.3, -0.25) is 4.90 Å². The van der Waals surface area contributed by atoms with Crippen LogP contribution in [0.25, 0.3) is 11.1 Å². The van der Waals surface area contributed by atoms with Gasteiger partial charge in [0.15, 0.2) is 17.3 Å². The highest BCUT2D eigenvalue weighted by Crippen LogP contribution is 2.35. The van der Waals surface area contributed by atoms with E-state index in [0.29, 0.717) is 12.0 Å². The molecule has 124 valence electrons. The van der Waals surface area contributed by atoms with Crippen LogP contribution in [0.4, 0.5) is 0 Å². The lowest BCUT2D eigenvalue weighted by Crippen LogP contribution is -2.35. The van der Waals surface area contributed by atoms with E-state index in [9.17, 15) is 0 Å². The predicted molar refractivity (Wildman–Crippen MR) is 87.3 cm³/mol. The fraction of sp³-hybridized carbons (Fsp3) is 0.529. The van der Waals surface area contributed by atoms with E-state index in [1.165, 1.54) is 12.8 Å². The highest BCUT2D eigenvalue weighted by Gasteiger charge is 2.30. The van der Waals surface area contributed by atoms with Gasteiger partial charge in [0.1, 0.15) is 5.52 Å². The van der Waals surface area contributed by atoms with Gasteiger partial charge in [0.05, 0.1) is 12.6 Å². The van der Waals surface area contributed by atoms with Crippen LogP contribution < -0.4 is 0 Å². The van der Waals surface area contributed by atoms with E-state index in [0.717, 1.165) is 55.3 Å². The van der Waals surface area contributed by atoms with E-state index in [1.54, 1.807) is 0 Å². The molecule has 1 aromatic carbocycles. The quantitative estimate of drug-likeness (QED) is 0.734. The first-order valence-corrected chi connectivity index (χ1v) is 8.71. The maximum Gasteiger partial charge on any atom is 0.199 e. The number of aromatic nitrogens is 5. The van der Waals surface area contributed by atoms with Crippen molar-refractivity contribution in [2.24, 2.45) is 0 Å². The summed E-state index contributed by atoms with van der Waals surface area (Å²) in [6.45, 7) is 2.83. The smallest absolute Gasteiger partial charge is 0.199 e. The normalized spacial score (nSPS) is 22.2. The van der Waals surface area contributed by atoms with Crippen molar-refractivity contribution in [3.8, 4) is 0 Å². The summed E-state index contributed by atoms with van der Waals surface area (Å²) in [5.41, 5.74) is 1.82. The Morgan fingerprint density at radius 2 is 2.08 bits per heavy atom. The highest BCUT2D eigenvalue weighted by molar-refractivity contribution is 5.72. The van der Waals surface area contributed by atoms with Gasteiger partial charge in [-0.15, -0.1) is 5.10 Å². The number of tetrazole rings is 1. The van der Waals surface area contributed by atoms with Crippen LogP contribution in [0.15, 0.2) is 28.7 Å². The predicted octanol–water partition coefficient (Wildman–Crippen LogP) is 2.53. The van der Waals surface area contributed by atoms with Crippen LogP contribution in [0, 0.1) is 0 Å². The summed E-state index contributed by atoms with van der Waals surface area (Å²) in [6.07, 6.45) is 4.67. The summed E-state index contributed by atoms with van der Waals surface area (Å²) in [4.78, 5) is 7.11. The second-order valence-electron chi connectivity index (χ2n) is 6.86. The topological polar surface area (TPSA) is 72.9 Å². The average molecular weight is 324 g/mol. The van der Waals surface area contributed by atoms with Gasteiger partial charge in [-0.1, -0.05) is 12.1 Å². The Hall–Kier alpha value is -2.28. The van der Waals surface area contributed by atoms with E-state index in [4.69, 9.17) is 4.42 Å². The molecule has 3 aromatic rings. The first-order chi connectivity index (χ1) is 11.9. The molecular weight excluding hydrogens is 304 g/mol. The van der Waals surface area contributed by atoms with Gasteiger partial charge >= 0.3 is 0 Å². The number of para-hydroxylation sites is 2. The maximum absolute atomic E-state index is 5.98. The molecule has 7 nitrogen and oxygen atoms in total. The lowest BCUT2D eigenvalue weighted by atomic mass is 9.98. The van der Waals surface area contributed by atoms with Crippen molar-refractivity contribution in [1.82, 2.24) is 30.1 Å². The Morgan fingerprint density at radius 1 is 1.17 bits per heavy atom. The van der Waals surface area contributed by atoms with Crippen molar-refractivity contribution < 1.29 is 4.42 Å². The van der Waals surface area contributed by atoms with Crippen molar-refractivity contribution >= 4 is 11.1 Å². The Morgan fingerprint density at radius 3 is 2.96 bits per heavy atom. The average Bonchev–Trinajstić information content (AvgIpc) is 3.19. The van der Waals surface area contributed by atoms with Gasteiger partial charge in [-0.25, -0.2) is 9.67 Å². The van der Waals surface area contributed by atoms with Crippen LogP contribution in [0.2, 0.25) is 0 Å². The van der Waals surface area contributed by atoms with Crippen molar-refractivity contribution in [3.05, 3.63) is 36.0 Å². The number of rotatable bonds is 4. The zero-order chi connectivity index (χ0) is 15.9. The third kappa shape index (κ3) is 2.58. The Balaban J connectivity index is 1.33. The highest BCUT2D eigenvalue weighted by atomic mass is 16.3. The molecule has 1 aliphatic heterocycles. The zero-order valence-corrected chi connectivity index (χ0v) is 13.5. The van der Waals surface area contributed by atoms with Gasteiger partial charge < -0.3 is 4.42 Å². The van der Waals surface area contributed by atoms with E-state index < -0.39 is 0 Å². The number of hydrogen-bond donors (Lipinski definition) is 0. The molecule has 1 atom stereocenters. The molecule has 7 heteroatoms. The molecule has 1 aliphatic carbocycles. The molecule has 2 fully saturated rings. The maximum atomic E-state index is 5.98. The summed E-state index contributed by atoms with van der Waals surface area (Å²) < 4.78 is 7.98. The summed E-state index contributed by atoms with van der Waals surface area (Å²) in [5, 5.41) is 12.2. The van der Waals surface area contributed by atoms with Crippen LogP contribution in [0.5, 0.6) is 0 Å². The van der Waals surface area contributed by atoms with Gasteiger partial charge in [0.25, 0.3) is 0 Å². The molecule has 5 rings (SSSR count). The first kappa shape index (κ1) is 14.1. The van der Waals surface area contributed by atoms with Crippen molar-refractivity contribution in [2.75, 3.05) is 13.1 Å². The molecule has 2 aromatic heterocycles. The Labute approximate surface area is 139 Å². The summed E-state index contributed by atoms with van der Waals surface area (Å²) in [5.74, 6) is 2.19. The second-order valence-corrected chi connectivity index (χ2v) is 6.86. The standard InChI is InChI=1S/C17H20N6O/c1-2-6-15-14(5-1)18-17(24-15)12-4-3-9-22(10-12)11-16-19-20-21-23(16)13-7-8-13/h1-2,5-6,12-13H,3-4,7-11H2. The van der Waals surface area contributed by atoms with Crippen LogP contribution in [-0.2, 0) is 6.54 Å². The molecule has 2 aliphatic rings. The Kier molecular flexibility index (Phi) is 3.33. The van der Waals surface area contributed by atoms with Gasteiger partial charge in [-0.2, -0.15) is 0 Å². The largest absolute Gasteiger partial charge is 0.440 e. The van der Waals surface area contributed by atoms with Crippen molar-refractivity contribution in [1.29, 1.82) is 0 Å². The minimum atomic E-state index is 0.344. The van der Waals surface area contributed by atoms with E-state index >= 15 is 0 Å². The lowest BCUT2D eigenvalue weighted by molar-refractivity contribution is 0.180. The number of fused-ring (bicyclic) bond motifs is 1. The summed E-state index contributed by atoms with van der Waals surface area (Å²) >= 11 is 0. The molecule has 0 bridgehead atoms. The van der Waals surface area contributed by atoms with Gasteiger partial charge in [-0.05, 0) is 54.8 Å². The van der Waals surface area contributed by atoms with E-state index in [1.807, 2.05) is 28.9 Å². The summed E-state index contributed by atoms with van der Waals surface area (Å²) in [7, 11) is 0. The van der Waals surface area contributed by atoms with E-state index in [2.05, 4.69) is 25.4 Å². The molecule has 1 unspecified atom stereocenters. The molecule has 1 saturated carbocycles. The molecule has 0 amide bonds. The fourth-order valence-electron chi connectivity index (χ4n) is 3.58. The molecule has 0 N–H and O–H groups in total. The number of likely N-dealkylation sites (tertiary alicyclic amines) is 1. The Bertz CT molecular complexity index is 819. The zero-order valence-electron chi connectivity index (χ0n) is 13.5. The second kappa shape index (κ2) is 5.66. The van der Waals surface area contributed by atoms with Crippen molar-refractivity contribution in [3.63, 3.8) is 0 Å². The van der Waals surface area contributed by atoms with Gasteiger partial charge in [0.2, 0.25) is 0 Å². The molecule has 3 heterocycles. The van der Waals surface area contributed by atoms with E-state index in [-0.39, 0.29) is 0 Å². The van der Waals surface area contributed by atoms with Crippen LogP contribution in [-0.4, -0.2) is 43.2 Å². The molecule has 0 spiro atoms. The molecule has 24 heavy (non-hydrogen) atoms. The van der Waals surface area contributed by atoms with Crippen LogP contribution in [0.3, 0.4) is 0 Å². The van der Waals surface area contributed by atoms with Crippen LogP contribution >= 0.6 is 0 Å². The summed E-state index contributed by atoms with van der Waals surface area (Å²) in [6, 6.07) is 8.50. The fourth-order valence-corrected chi connectivity index (χ4v) is 3.58. The van der Waals surface area contributed by atoms with Crippen molar-refractivity contribution in [2.45, 2.75) is 44.2 Å². The third-order valence-electron chi connectivity index (χ3n) is 4.98. The minimum absolute atomic E-state index is 0.344. The number of piperidine rings is 1. The number of benzene rings is 1. The first-order valence-electron chi connectivity index (χ1n) is 8.71. The third-order valence-corrected chi connectivity index (χ3v) is 4.98. The molecule has 1 saturated heterocycles. The van der Waals surface area contributed by atoms with Crippen LogP contribution in [0.1, 0.15) is 49.4 Å². The SMILES string of the molecule is c1ccc2oc(C3CCCN(Cc4nnnn4C4CC4)C3)nc2c1. The number of oxazole rings is 1. The molecular formula is C17H20N6O. The monoisotopic (exact) mass is 324 g/mol. The number of hydrogen-bond acceptors (Lipinski definition) is 6. The molecule has 0 radical (unpaired) electrons. The minimum Gasteiger partial charge on any atom is -0.440 e. The lowest BCUT2D eigenvalue weighted by Gasteiger charge is -2.30.